The summed E-state index contributed by atoms with van der Waals surface area (Å²) in [6, 6.07) is 7.98. The molecule has 0 spiro atoms. The minimum atomic E-state index is 0.0351. The molecule has 4 nitrogen and oxygen atoms in total. The predicted molar refractivity (Wildman–Crippen MR) is 69.3 cm³/mol. The van der Waals surface area contributed by atoms with E-state index in [-0.39, 0.29) is 5.91 Å². The van der Waals surface area contributed by atoms with Crippen molar-refractivity contribution in [1.29, 1.82) is 0 Å². The molecule has 1 amide bonds. The largest absolute Gasteiger partial charge is 0.463 e. The van der Waals surface area contributed by atoms with Crippen molar-refractivity contribution in [2.45, 2.75) is 18.9 Å². The minimum Gasteiger partial charge on any atom is -0.463 e. The number of furan rings is 1. The molecule has 2 N–H and O–H groups in total. The summed E-state index contributed by atoms with van der Waals surface area (Å²) in [6.45, 7) is 1.11. The van der Waals surface area contributed by atoms with Gasteiger partial charge in [-0.25, -0.2) is 0 Å². The van der Waals surface area contributed by atoms with Crippen LogP contribution >= 0.6 is 0 Å². The Kier molecular flexibility index (Phi) is 2.80. The lowest BCUT2D eigenvalue weighted by atomic mass is 10.1. The van der Waals surface area contributed by atoms with E-state index >= 15 is 0 Å². The zero-order valence-corrected chi connectivity index (χ0v) is 10.1. The molecule has 0 unspecified atom stereocenters. The molecule has 0 atom stereocenters. The molecule has 2 aromatic rings. The lowest BCUT2D eigenvalue weighted by Crippen LogP contribution is -2.37. The maximum absolute atomic E-state index is 12.5. The maximum Gasteiger partial charge on any atom is 0.258 e. The van der Waals surface area contributed by atoms with Gasteiger partial charge in [-0.15, -0.1) is 0 Å². The van der Waals surface area contributed by atoms with Crippen LogP contribution in [0.4, 0.5) is 0 Å². The zero-order valence-electron chi connectivity index (χ0n) is 10.1. The molecule has 0 aliphatic heterocycles. The Morgan fingerprint density at radius 1 is 1.39 bits per heavy atom. The Bertz CT molecular complexity index is 572. The van der Waals surface area contributed by atoms with Crippen molar-refractivity contribution in [3.05, 3.63) is 36.1 Å². The van der Waals surface area contributed by atoms with Gasteiger partial charge in [-0.3, -0.25) is 4.79 Å². The van der Waals surface area contributed by atoms with Crippen molar-refractivity contribution in [2.75, 3.05) is 13.1 Å². The fraction of sp³-hybridized carbons (Fsp3) is 0.357. The number of benzene rings is 1. The van der Waals surface area contributed by atoms with Gasteiger partial charge >= 0.3 is 0 Å². The highest BCUT2D eigenvalue weighted by Gasteiger charge is 2.33. The highest BCUT2D eigenvalue weighted by Crippen LogP contribution is 2.30. The van der Waals surface area contributed by atoms with Crippen molar-refractivity contribution in [2.24, 2.45) is 5.73 Å². The first-order valence-electron chi connectivity index (χ1n) is 6.28. The Morgan fingerprint density at radius 3 is 2.89 bits per heavy atom. The third-order valence-electron chi connectivity index (χ3n) is 3.33. The fourth-order valence-corrected chi connectivity index (χ4v) is 2.27. The maximum atomic E-state index is 12.5. The number of nitrogens with zero attached hydrogens (tertiary/aromatic N) is 1. The number of amides is 1. The van der Waals surface area contributed by atoms with E-state index in [0.717, 1.165) is 23.8 Å². The van der Waals surface area contributed by atoms with Crippen molar-refractivity contribution in [1.82, 2.24) is 4.90 Å². The second-order valence-electron chi connectivity index (χ2n) is 4.66. The van der Waals surface area contributed by atoms with Crippen LogP contribution in [0.25, 0.3) is 11.0 Å². The molecule has 0 saturated heterocycles. The van der Waals surface area contributed by atoms with Crippen LogP contribution in [0.3, 0.4) is 0 Å². The molecule has 1 aliphatic carbocycles. The summed E-state index contributed by atoms with van der Waals surface area (Å²) in [6.07, 6.45) is 3.72. The number of hydrogen-bond acceptors (Lipinski definition) is 3. The molecule has 94 valence electrons. The number of carbonyl (C=O) groups is 1. The highest BCUT2D eigenvalue weighted by molar-refractivity contribution is 6.06. The fourth-order valence-electron chi connectivity index (χ4n) is 2.27. The Labute approximate surface area is 105 Å². The second-order valence-corrected chi connectivity index (χ2v) is 4.66. The molecule has 1 saturated carbocycles. The second kappa shape index (κ2) is 4.46. The summed E-state index contributed by atoms with van der Waals surface area (Å²) in [5.41, 5.74) is 6.98. The quantitative estimate of drug-likeness (QED) is 0.894. The minimum absolute atomic E-state index is 0.0351. The molecule has 1 aliphatic rings. The molecule has 0 bridgehead atoms. The van der Waals surface area contributed by atoms with Gasteiger partial charge in [0, 0.05) is 24.5 Å². The zero-order chi connectivity index (χ0) is 12.5. The lowest BCUT2D eigenvalue weighted by Gasteiger charge is -2.20. The number of rotatable bonds is 4. The Hall–Kier alpha value is -1.81. The van der Waals surface area contributed by atoms with Crippen LogP contribution in [0.15, 0.2) is 34.9 Å². The molecular weight excluding hydrogens is 228 g/mol. The summed E-state index contributed by atoms with van der Waals surface area (Å²) in [4.78, 5) is 14.4. The van der Waals surface area contributed by atoms with Gasteiger partial charge in [0.2, 0.25) is 0 Å². The van der Waals surface area contributed by atoms with Crippen LogP contribution in [0.5, 0.6) is 0 Å². The van der Waals surface area contributed by atoms with Gasteiger partial charge in [-0.1, -0.05) is 18.2 Å². The van der Waals surface area contributed by atoms with Crippen LogP contribution in [-0.2, 0) is 0 Å². The van der Waals surface area contributed by atoms with Crippen LogP contribution in [0.1, 0.15) is 23.2 Å². The van der Waals surface area contributed by atoms with Gasteiger partial charge in [-0.2, -0.15) is 0 Å². The van der Waals surface area contributed by atoms with E-state index in [1.807, 2.05) is 29.2 Å². The van der Waals surface area contributed by atoms with Gasteiger partial charge in [0.15, 0.2) is 0 Å². The summed E-state index contributed by atoms with van der Waals surface area (Å²) < 4.78 is 5.42. The third kappa shape index (κ3) is 1.88. The van der Waals surface area contributed by atoms with Crippen LogP contribution in [0, 0.1) is 0 Å². The summed E-state index contributed by atoms with van der Waals surface area (Å²) >= 11 is 0. The van der Waals surface area contributed by atoms with E-state index in [2.05, 4.69) is 0 Å². The lowest BCUT2D eigenvalue weighted by molar-refractivity contribution is 0.0749. The van der Waals surface area contributed by atoms with Gasteiger partial charge in [0.05, 0.1) is 5.56 Å². The smallest absolute Gasteiger partial charge is 0.258 e. The van der Waals surface area contributed by atoms with Gasteiger partial charge in [-0.05, 0) is 18.9 Å². The van der Waals surface area contributed by atoms with Gasteiger partial charge in [0.25, 0.3) is 5.91 Å². The average Bonchev–Trinajstić information content (AvgIpc) is 3.14. The van der Waals surface area contributed by atoms with Crippen molar-refractivity contribution < 1.29 is 9.21 Å². The first-order valence-corrected chi connectivity index (χ1v) is 6.28. The molecule has 1 aromatic heterocycles. The summed E-state index contributed by atoms with van der Waals surface area (Å²) in [7, 11) is 0. The van der Waals surface area contributed by atoms with Gasteiger partial charge in [0.1, 0.15) is 11.8 Å². The van der Waals surface area contributed by atoms with Crippen molar-refractivity contribution in [3.8, 4) is 0 Å². The predicted octanol–water partition coefficient (Wildman–Crippen LogP) is 2.00. The standard InChI is InChI=1S/C14H16N2O2/c15-7-8-16(10-5-6-10)14(17)12-9-18-13-4-2-1-3-11(12)13/h1-4,9-10H,5-8,15H2. The Morgan fingerprint density at radius 2 is 2.17 bits per heavy atom. The topological polar surface area (TPSA) is 59.5 Å². The number of carbonyl (C=O) groups excluding carboxylic acids is 1. The number of hydrogen-bond donors (Lipinski definition) is 1. The Balaban J connectivity index is 1.95. The van der Waals surface area contributed by atoms with E-state index in [1.165, 1.54) is 0 Å². The molecule has 4 heteroatoms. The molecule has 1 fully saturated rings. The summed E-state index contributed by atoms with van der Waals surface area (Å²) in [5.74, 6) is 0.0351. The highest BCUT2D eigenvalue weighted by atomic mass is 16.3. The molecule has 0 radical (unpaired) electrons. The average molecular weight is 244 g/mol. The number of para-hydroxylation sites is 1. The van der Waals surface area contributed by atoms with Crippen LogP contribution in [-0.4, -0.2) is 29.9 Å². The normalized spacial score (nSPS) is 14.9. The first-order chi connectivity index (χ1) is 8.81. The van der Waals surface area contributed by atoms with E-state index in [0.29, 0.717) is 24.7 Å². The number of fused-ring (bicyclic) bond motifs is 1. The van der Waals surface area contributed by atoms with Crippen molar-refractivity contribution >= 4 is 16.9 Å². The number of nitrogens with two attached hydrogens (primary N) is 1. The molecular formula is C14H16N2O2. The van der Waals surface area contributed by atoms with Crippen LogP contribution in [0.2, 0.25) is 0 Å². The molecule has 18 heavy (non-hydrogen) atoms. The van der Waals surface area contributed by atoms with E-state index in [1.54, 1.807) is 6.26 Å². The van der Waals surface area contributed by atoms with Gasteiger partial charge < -0.3 is 15.1 Å². The summed E-state index contributed by atoms with van der Waals surface area (Å²) in [5, 5.41) is 0.880. The van der Waals surface area contributed by atoms with Crippen LogP contribution < -0.4 is 5.73 Å². The third-order valence-corrected chi connectivity index (χ3v) is 3.33. The monoisotopic (exact) mass is 244 g/mol. The molecule has 3 rings (SSSR count). The molecule has 1 aromatic carbocycles. The van der Waals surface area contributed by atoms with E-state index in [9.17, 15) is 4.79 Å². The van der Waals surface area contributed by atoms with E-state index in [4.69, 9.17) is 10.2 Å². The SMILES string of the molecule is NCCN(C(=O)c1coc2ccccc12)C1CC1. The first kappa shape index (κ1) is 11.3. The molecule has 1 heterocycles. The van der Waals surface area contributed by atoms with Crippen molar-refractivity contribution in [3.63, 3.8) is 0 Å². The van der Waals surface area contributed by atoms with E-state index < -0.39 is 0 Å².